The Bertz CT molecular complexity index is 556. The first-order valence-electron chi connectivity index (χ1n) is 5.41. The van der Waals surface area contributed by atoms with Crippen molar-refractivity contribution in [3.8, 4) is 0 Å². The van der Waals surface area contributed by atoms with Gasteiger partial charge in [0.25, 0.3) is 0 Å². The second kappa shape index (κ2) is 4.99. The third-order valence-electron chi connectivity index (χ3n) is 2.81. The third-order valence-corrected chi connectivity index (χ3v) is 4.28. The molecule has 0 aliphatic carbocycles. The molecule has 0 aromatic heterocycles. The second-order valence-corrected chi connectivity index (χ2v) is 6.96. The number of amides is 1. The second-order valence-electron chi connectivity index (χ2n) is 4.38. The fourth-order valence-corrected chi connectivity index (χ4v) is 3.24. The molecule has 1 fully saturated rings. The van der Waals surface area contributed by atoms with Crippen LogP contribution in [0.2, 0.25) is 0 Å². The molecule has 0 radical (unpaired) electrons. The standard InChI is InChI=1S/C11H13BrN2O3S/c12-9-1-3-10(4-2-9)14-6-8(5-11(14)15)7-18(13,16)17/h1-4,8H,5-7H2,(H2,13,16,17)/t8-/m1/s1. The van der Waals surface area contributed by atoms with Crippen molar-refractivity contribution in [2.24, 2.45) is 11.1 Å². The minimum atomic E-state index is -3.53. The smallest absolute Gasteiger partial charge is 0.227 e. The predicted molar refractivity (Wildman–Crippen MR) is 72.6 cm³/mol. The maximum atomic E-state index is 11.8. The Morgan fingerprint density at radius 2 is 1.94 bits per heavy atom. The monoisotopic (exact) mass is 332 g/mol. The lowest BCUT2D eigenvalue weighted by Crippen LogP contribution is -2.27. The number of carbonyl (C=O) groups excluding carboxylic acids is 1. The van der Waals surface area contributed by atoms with Crippen LogP contribution in [-0.2, 0) is 14.8 Å². The number of sulfonamides is 1. The molecule has 0 spiro atoms. The molecule has 98 valence electrons. The molecular weight excluding hydrogens is 320 g/mol. The Balaban J connectivity index is 2.12. The Morgan fingerprint density at radius 1 is 1.33 bits per heavy atom. The van der Waals surface area contributed by atoms with E-state index in [4.69, 9.17) is 5.14 Å². The van der Waals surface area contributed by atoms with Crippen molar-refractivity contribution in [2.45, 2.75) is 6.42 Å². The van der Waals surface area contributed by atoms with E-state index in [9.17, 15) is 13.2 Å². The van der Waals surface area contributed by atoms with Gasteiger partial charge in [0.1, 0.15) is 0 Å². The number of halogens is 1. The van der Waals surface area contributed by atoms with Gasteiger partial charge in [-0.2, -0.15) is 0 Å². The normalized spacial score (nSPS) is 20.4. The van der Waals surface area contributed by atoms with Crippen LogP contribution in [0.5, 0.6) is 0 Å². The lowest BCUT2D eigenvalue weighted by Gasteiger charge is -2.16. The van der Waals surface area contributed by atoms with Crippen molar-refractivity contribution in [3.05, 3.63) is 28.7 Å². The average molecular weight is 333 g/mol. The van der Waals surface area contributed by atoms with Gasteiger partial charge in [0.15, 0.2) is 0 Å². The number of nitrogens with zero attached hydrogens (tertiary/aromatic N) is 1. The summed E-state index contributed by atoms with van der Waals surface area (Å²) in [6.45, 7) is 0.400. The molecule has 5 nitrogen and oxygen atoms in total. The molecule has 0 bridgehead atoms. The molecular formula is C11H13BrN2O3S. The van der Waals surface area contributed by atoms with Crippen LogP contribution in [0.25, 0.3) is 0 Å². The molecule has 1 heterocycles. The number of benzene rings is 1. The molecule has 7 heteroatoms. The van der Waals surface area contributed by atoms with Crippen molar-refractivity contribution >= 4 is 37.5 Å². The van der Waals surface area contributed by atoms with Crippen LogP contribution in [-0.4, -0.2) is 26.6 Å². The highest BCUT2D eigenvalue weighted by Crippen LogP contribution is 2.26. The first-order chi connectivity index (χ1) is 8.35. The maximum absolute atomic E-state index is 11.8. The van der Waals surface area contributed by atoms with Gasteiger partial charge in [0.05, 0.1) is 5.75 Å². The summed E-state index contributed by atoms with van der Waals surface area (Å²) >= 11 is 3.32. The van der Waals surface area contributed by atoms with Crippen LogP contribution in [0.3, 0.4) is 0 Å². The quantitative estimate of drug-likeness (QED) is 0.899. The molecule has 2 N–H and O–H groups in total. The minimum Gasteiger partial charge on any atom is -0.312 e. The van der Waals surface area contributed by atoms with Crippen molar-refractivity contribution in [2.75, 3.05) is 17.2 Å². The zero-order valence-electron chi connectivity index (χ0n) is 9.54. The highest BCUT2D eigenvalue weighted by atomic mass is 79.9. The van der Waals surface area contributed by atoms with Crippen molar-refractivity contribution < 1.29 is 13.2 Å². The van der Waals surface area contributed by atoms with Crippen molar-refractivity contribution in [1.82, 2.24) is 0 Å². The summed E-state index contributed by atoms with van der Waals surface area (Å²) in [6, 6.07) is 7.33. The first kappa shape index (κ1) is 13.5. The summed E-state index contributed by atoms with van der Waals surface area (Å²) in [5.41, 5.74) is 0.778. The van der Waals surface area contributed by atoms with E-state index in [0.29, 0.717) is 6.54 Å². The van der Waals surface area contributed by atoms with Gasteiger partial charge in [0.2, 0.25) is 15.9 Å². The molecule has 18 heavy (non-hydrogen) atoms. The Labute approximate surface area is 114 Å². The number of hydrogen-bond acceptors (Lipinski definition) is 3. The zero-order valence-corrected chi connectivity index (χ0v) is 11.9. The summed E-state index contributed by atoms with van der Waals surface area (Å²) in [5, 5.41) is 5.00. The van der Waals surface area contributed by atoms with Gasteiger partial charge < -0.3 is 4.90 Å². The summed E-state index contributed by atoms with van der Waals surface area (Å²) in [6.07, 6.45) is 0.229. The van der Waals surface area contributed by atoms with Gasteiger partial charge in [-0.3, -0.25) is 4.79 Å². The molecule has 1 aromatic carbocycles. The van der Waals surface area contributed by atoms with Crippen LogP contribution in [0.15, 0.2) is 28.7 Å². The molecule has 1 aliphatic rings. The van der Waals surface area contributed by atoms with Gasteiger partial charge in [-0.05, 0) is 24.3 Å². The first-order valence-corrected chi connectivity index (χ1v) is 7.92. The van der Waals surface area contributed by atoms with E-state index in [1.54, 1.807) is 4.90 Å². The highest BCUT2D eigenvalue weighted by Gasteiger charge is 2.32. The minimum absolute atomic E-state index is 0.0639. The Hall–Kier alpha value is -0.920. The summed E-state index contributed by atoms with van der Waals surface area (Å²) in [7, 11) is -3.53. The SMILES string of the molecule is NS(=O)(=O)C[C@@H]1CC(=O)N(c2ccc(Br)cc2)C1. The molecule has 1 aromatic rings. The summed E-state index contributed by atoms with van der Waals surface area (Å²) < 4.78 is 23.0. The van der Waals surface area contributed by atoms with E-state index < -0.39 is 10.0 Å². The highest BCUT2D eigenvalue weighted by molar-refractivity contribution is 9.10. The van der Waals surface area contributed by atoms with E-state index in [2.05, 4.69) is 15.9 Å². The lowest BCUT2D eigenvalue weighted by molar-refractivity contribution is -0.117. The zero-order chi connectivity index (χ0) is 13.3. The number of rotatable bonds is 3. The molecule has 1 aliphatic heterocycles. The van der Waals surface area contributed by atoms with Gasteiger partial charge in [-0.1, -0.05) is 15.9 Å². The number of anilines is 1. The molecule has 2 rings (SSSR count). The largest absolute Gasteiger partial charge is 0.312 e. The average Bonchev–Trinajstić information content (AvgIpc) is 2.58. The number of nitrogens with two attached hydrogens (primary N) is 1. The van der Waals surface area contributed by atoms with Gasteiger partial charge in [-0.15, -0.1) is 0 Å². The van der Waals surface area contributed by atoms with E-state index in [1.165, 1.54) is 0 Å². The topological polar surface area (TPSA) is 80.5 Å². The molecule has 0 saturated carbocycles. The van der Waals surface area contributed by atoms with Crippen molar-refractivity contribution in [3.63, 3.8) is 0 Å². The van der Waals surface area contributed by atoms with Crippen LogP contribution in [0, 0.1) is 5.92 Å². The van der Waals surface area contributed by atoms with Gasteiger partial charge in [-0.25, -0.2) is 13.6 Å². The Morgan fingerprint density at radius 3 is 2.50 bits per heavy atom. The van der Waals surface area contributed by atoms with E-state index in [-0.39, 0.29) is 24.0 Å². The number of hydrogen-bond donors (Lipinski definition) is 1. The van der Waals surface area contributed by atoms with Crippen LogP contribution < -0.4 is 10.0 Å². The fraction of sp³-hybridized carbons (Fsp3) is 0.364. The van der Waals surface area contributed by atoms with Crippen LogP contribution >= 0.6 is 15.9 Å². The molecule has 1 saturated heterocycles. The maximum Gasteiger partial charge on any atom is 0.227 e. The van der Waals surface area contributed by atoms with Crippen molar-refractivity contribution in [1.29, 1.82) is 0 Å². The van der Waals surface area contributed by atoms with E-state index in [0.717, 1.165) is 10.2 Å². The summed E-state index contributed by atoms with van der Waals surface area (Å²) in [4.78, 5) is 13.4. The van der Waals surface area contributed by atoms with Crippen LogP contribution in [0.4, 0.5) is 5.69 Å². The molecule has 1 amide bonds. The molecule has 0 unspecified atom stereocenters. The summed E-state index contributed by atoms with van der Waals surface area (Å²) in [5.74, 6) is -0.437. The van der Waals surface area contributed by atoms with Gasteiger partial charge in [0, 0.05) is 29.0 Å². The Kier molecular flexibility index (Phi) is 3.74. The third kappa shape index (κ3) is 3.30. The lowest BCUT2D eigenvalue weighted by atomic mass is 10.1. The van der Waals surface area contributed by atoms with Crippen LogP contribution in [0.1, 0.15) is 6.42 Å². The predicted octanol–water partition coefficient (Wildman–Crippen LogP) is 1.09. The van der Waals surface area contributed by atoms with Gasteiger partial charge >= 0.3 is 0 Å². The number of primary sulfonamides is 1. The fourth-order valence-electron chi connectivity index (χ4n) is 2.09. The van der Waals surface area contributed by atoms with E-state index >= 15 is 0 Å². The number of carbonyl (C=O) groups is 1. The molecule has 1 atom stereocenters. The van der Waals surface area contributed by atoms with E-state index in [1.807, 2.05) is 24.3 Å².